The average molecular weight is 534 g/mol. The molecule has 2 aliphatic heterocycles. The SMILES string of the molecule is CC1=CC(C)(C)N(C)c2ccc([C@@H]3[C@@H](c4ccccn4)NC(=S)N3c3ccc(Br)c(C)c3)cc21. The number of likely N-dealkylation sites (N-methyl/N-ethyl adjacent to an activating group) is 1. The van der Waals surface area contributed by atoms with Crippen molar-refractivity contribution < 1.29 is 0 Å². The van der Waals surface area contributed by atoms with Gasteiger partial charge in [0.25, 0.3) is 0 Å². The molecule has 6 heteroatoms. The van der Waals surface area contributed by atoms with Crippen molar-refractivity contribution in [3.05, 3.63) is 93.7 Å². The predicted molar refractivity (Wildman–Crippen MR) is 149 cm³/mol. The minimum Gasteiger partial charge on any atom is -0.366 e. The molecule has 1 aromatic heterocycles. The number of rotatable bonds is 3. The van der Waals surface area contributed by atoms with Crippen molar-refractivity contribution in [3.8, 4) is 0 Å². The van der Waals surface area contributed by atoms with E-state index in [0.29, 0.717) is 5.11 Å². The van der Waals surface area contributed by atoms with Gasteiger partial charge in [-0.15, -0.1) is 0 Å². The van der Waals surface area contributed by atoms with Gasteiger partial charge in [0.05, 0.1) is 23.3 Å². The quantitative estimate of drug-likeness (QED) is 0.368. The fourth-order valence-corrected chi connectivity index (χ4v) is 5.70. The highest BCUT2D eigenvalue weighted by Gasteiger charge is 2.41. The smallest absolute Gasteiger partial charge is 0.174 e. The Morgan fingerprint density at radius 1 is 1.06 bits per heavy atom. The lowest BCUT2D eigenvalue weighted by Crippen LogP contribution is -2.42. The van der Waals surface area contributed by atoms with Gasteiger partial charge >= 0.3 is 0 Å². The van der Waals surface area contributed by atoms with Gasteiger partial charge in [0.2, 0.25) is 0 Å². The highest BCUT2D eigenvalue weighted by atomic mass is 79.9. The van der Waals surface area contributed by atoms with Crippen molar-refractivity contribution in [2.75, 3.05) is 16.8 Å². The van der Waals surface area contributed by atoms with E-state index in [2.05, 4.69) is 119 Å². The number of benzene rings is 2. The fraction of sp³-hybridized carbons (Fsp3) is 0.286. The first-order valence-corrected chi connectivity index (χ1v) is 12.7. The van der Waals surface area contributed by atoms with Crippen LogP contribution in [0.25, 0.3) is 5.57 Å². The summed E-state index contributed by atoms with van der Waals surface area (Å²) in [6, 6.07) is 19.2. The molecule has 0 saturated carbocycles. The number of nitrogens with one attached hydrogen (secondary N) is 1. The number of hydrogen-bond donors (Lipinski definition) is 1. The van der Waals surface area contributed by atoms with Crippen LogP contribution in [0.15, 0.2) is 71.3 Å². The largest absolute Gasteiger partial charge is 0.366 e. The number of anilines is 2. The summed E-state index contributed by atoms with van der Waals surface area (Å²) in [4.78, 5) is 9.28. The van der Waals surface area contributed by atoms with E-state index in [9.17, 15) is 0 Å². The van der Waals surface area contributed by atoms with Gasteiger partial charge in [-0.25, -0.2) is 0 Å². The van der Waals surface area contributed by atoms with Gasteiger partial charge in [-0.1, -0.05) is 34.1 Å². The topological polar surface area (TPSA) is 31.4 Å². The molecule has 1 saturated heterocycles. The minimum atomic E-state index is -0.0576. The van der Waals surface area contributed by atoms with Crippen LogP contribution >= 0.6 is 28.1 Å². The van der Waals surface area contributed by atoms with Gasteiger partial charge in [-0.3, -0.25) is 4.98 Å². The first-order chi connectivity index (χ1) is 16.2. The van der Waals surface area contributed by atoms with Gasteiger partial charge in [0.15, 0.2) is 5.11 Å². The molecule has 5 rings (SSSR count). The van der Waals surface area contributed by atoms with Gasteiger partial charge in [-0.2, -0.15) is 0 Å². The highest BCUT2D eigenvalue weighted by Crippen LogP contribution is 2.45. The molecule has 0 aliphatic carbocycles. The fourth-order valence-electron chi connectivity index (χ4n) is 5.11. The Hall–Kier alpha value is -2.70. The molecule has 1 N–H and O–H groups in total. The van der Waals surface area contributed by atoms with E-state index in [-0.39, 0.29) is 17.6 Å². The number of aromatic nitrogens is 1. The van der Waals surface area contributed by atoms with Crippen LogP contribution in [-0.4, -0.2) is 22.7 Å². The lowest BCUT2D eigenvalue weighted by atomic mass is 9.86. The molecule has 0 bridgehead atoms. The number of pyridine rings is 1. The van der Waals surface area contributed by atoms with Gasteiger partial charge in [0.1, 0.15) is 0 Å². The van der Waals surface area contributed by atoms with E-state index in [4.69, 9.17) is 12.2 Å². The van der Waals surface area contributed by atoms with Gasteiger partial charge in [0, 0.05) is 34.7 Å². The predicted octanol–water partition coefficient (Wildman–Crippen LogP) is 6.96. The zero-order valence-electron chi connectivity index (χ0n) is 20.1. The zero-order chi connectivity index (χ0) is 24.2. The van der Waals surface area contributed by atoms with Crippen molar-refractivity contribution in [2.24, 2.45) is 0 Å². The second-order valence-corrected chi connectivity index (χ2v) is 11.0. The molecule has 3 aromatic rings. The molecule has 34 heavy (non-hydrogen) atoms. The lowest BCUT2D eigenvalue weighted by Gasteiger charge is -2.41. The van der Waals surface area contributed by atoms with Crippen LogP contribution in [-0.2, 0) is 0 Å². The Balaban J connectivity index is 1.67. The maximum absolute atomic E-state index is 5.90. The third kappa shape index (κ3) is 3.83. The molecule has 0 spiro atoms. The molecule has 1 fully saturated rings. The summed E-state index contributed by atoms with van der Waals surface area (Å²) in [6.45, 7) is 8.82. The number of aryl methyl sites for hydroxylation is 1. The van der Waals surface area contributed by atoms with Crippen LogP contribution in [0.2, 0.25) is 0 Å². The second-order valence-electron chi connectivity index (χ2n) is 9.75. The second kappa shape index (κ2) is 8.51. The number of allylic oxidation sites excluding steroid dienone is 1. The monoisotopic (exact) mass is 532 g/mol. The maximum atomic E-state index is 5.90. The summed E-state index contributed by atoms with van der Waals surface area (Å²) < 4.78 is 1.09. The van der Waals surface area contributed by atoms with E-state index in [1.165, 1.54) is 28.0 Å². The number of thiocarbonyl (C=S) groups is 1. The molecule has 3 heterocycles. The first-order valence-electron chi connectivity index (χ1n) is 11.5. The molecular weight excluding hydrogens is 504 g/mol. The van der Waals surface area contributed by atoms with E-state index >= 15 is 0 Å². The Morgan fingerprint density at radius 3 is 2.56 bits per heavy atom. The van der Waals surface area contributed by atoms with Crippen molar-refractivity contribution in [2.45, 2.75) is 45.3 Å². The number of fused-ring (bicyclic) bond motifs is 1. The molecular formula is C28H29BrN4S. The average Bonchev–Trinajstić information content (AvgIpc) is 3.16. The summed E-state index contributed by atoms with van der Waals surface area (Å²) in [7, 11) is 2.17. The van der Waals surface area contributed by atoms with Crippen molar-refractivity contribution in [1.29, 1.82) is 0 Å². The molecule has 2 aliphatic rings. The van der Waals surface area contributed by atoms with E-state index in [0.717, 1.165) is 15.9 Å². The molecule has 0 radical (unpaired) electrons. The molecule has 4 nitrogen and oxygen atoms in total. The Bertz CT molecular complexity index is 1300. The summed E-state index contributed by atoms with van der Waals surface area (Å²) in [5.74, 6) is 0. The Labute approximate surface area is 215 Å². The highest BCUT2D eigenvalue weighted by molar-refractivity contribution is 9.10. The molecule has 174 valence electrons. The zero-order valence-corrected chi connectivity index (χ0v) is 22.5. The molecule has 2 aromatic carbocycles. The molecule has 0 unspecified atom stereocenters. The maximum Gasteiger partial charge on any atom is 0.174 e. The van der Waals surface area contributed by atoms with Crippen LogP contribution in [0.1, 0.15) is 55.2 Å². The number of hydrogen-bond acceptors (Lipinski definition) is 3. The number of halogens is 1. The summed E-state index contributed by atoms with van der Waals surface area (Å²) >= 11 is 9.54. The van der Waals surface area contributed by atoms with Crippen molar-refractivity contribution in [1.82, 2.24) is 10.3 Å². The first kappa shape index (κ1) is 23.1. The van der Waals surface area contributed by atoms with Crippen LogP contribution in [0.5, 0.6) is 0 Å². The van der Waals surface area contributed by atoms with E-state index in [1.54, 1.807) is 0 Å². The van der Waals surface area contributed by atoms with Gasteiger partial charge < -0.3 is 15.1 Å². The minimum absolute atomic E-state index is 0.0213. The number of nitrogens with zero attached hydrogens (tertiary/aromatic N) is 3. The van der Waals surface area contributed by atoms with Crippen molar-refractivity contribution >= 4 is 50.2 Å². The van der Waals surface area contributed by atoms with Crippen LogP contribution in [0.4, 0.5) is 11.4 Å². The van der Waals surface area contributed by atoms with E-state index < -0.39 is 0 Å². The standard InChI is InChI=1S/C28H29BrN4S/c1-17-14-20(10-11-22(17)29)33-26(25(31-27(33)34)23-8-6-7-13-30-23)19-9-12-24-21(15-19)18(2)16-28(3,4)32(24)5/h6-16,25-26H,1-5H3,(H,31,34)/t25-,26-/m1/s1. The Morgan fingerprint density at radius 2 is 1.85 bits per heavy atom. The van der Waals surface area contributed by atoms with Crippen LogP contribution < -0.4 is 15.1 Å². The van der Waals surface area contributed by atoms with Crippen LogP contribution in [0.3, 0.4) is 0 Å². The molecule has 0 amide bonds. The van der Waals surface area contributed by atoms with Crippen molar-refractivity contribution in [3.63, 3.8) is 0 Å². The van der Waals surface area contributed by atoms with E-state index in [1.807, 2.05) is 18.3 Å². The Kier molecular flexibility index (Phi) is 5.77. The van der Waals surface area contributed by atoms with Gasteiger partial charge in [-0.05, 0) is 99.1 Å². The third-order valence-electron chi connectivity index (χ3n) is 7.10. The summed E-state index contributed by atoms with van der Waals surface area (Å²) in [5.41, 5.74) is 8.24. The normalized spacial score (nSPS) is 21.2. The molecule has 2 atom stereocenters. The lowest BCUT2D eigenvalue weighted by molar-refractivity contribution is 0.566. The summed E-state index contributed by atoms with van der Waals surface area (Å²) in [5, 5.41) is 4.29. The summed E-state index contributed by atoms with van der Waals surface area (Å²) in [6.07, 6.45) is 4.20. The third-order valence-corrected chi connectivity index (χ3v) is 8.30. The van der Waals surface area contributed by atoms with Crippen LogP contribution in [0, 0.1) is 6.92 Å².